The lowest BCUT2D eigenvalue weighted by atomic mass is 9.99. The Bertz CT molecular complexity index is 201. The van der Waals surface area contributed by atoms with Crippen molar-refractivity contribution in [2.45, 2.75) is 19.0 Å². The second-order valence-corrected chi connectivity index (χ2v) is 2.54. The van der Waals surface area contributed by atoms with Gasteiger partial charge in [-0.05, 0) is 19.1 Å². The minimum Gasteiger partial charge on any atom is -0.239 e. The zero-order chi connectivity index (χ0) is 7.78. The molecular formula is C7H7F3. The Morgan fingerprint density at radius 1 is 1.50 bits per heavy atom. The summed E-state index contributed by atoms with van der Waals surface area (Å²) in [4.78, 5) is 0. The largest absolute Gasteiger partial charge is 0.239 e. The Hall–Kier alpha value is -0.730. The van der Waals surface area contributed by atoms with Gasteiger partial charge >= 0.3 is 0 Å². The highest BCUT2D eigenvalue weighted by Crippen LogP contribution is 2.30. The fraction of sp³-hybridized carbons (Fsp3) is 0.429. The van der Waals surface area contributed by atoms with E-state index in [1.165, 1.54) is 6.92 Å². The zero-order valence-corrected chi connectivity index (χ0v) is 5.50. The average Bonchev–Trinajstić information content (AvgIpc) is 1.79. The van der Waals surface area contributed by atoms with Gasteiger partial charge in [0.1, 0.15) is 11.5 Å². The van der Waals surface area contributed by atoms with E-state index in [4.69, 9.17) is 0 Å². The summed E-state index contributed by atoms with van der Waals surface area (Å²) < 4.78 is 37.2. The van der Waals surface area contributed by atoms with Crippen molar-refractivity contribution < 1.29 is 13.2 Å². The van der Waals surface area contributed by atoms with Crippen LogP contribution in [-0.2, 0) is 0 Å². The highest BCUT2D eigenvalue weighted by Gasteiger charge is 2.26. The second-order valence-electron chi connectivity index (χ2n) is 2.54. The van der Waals surface area contributed by atoms with E-state index in [1.54, 1.807) is 0 Å². The van der Waals surface area contributed by atoms with Crippen LogP contribution in [0.25, 0.3) is 0 Å². The van der Waals surface area contributed by atoms with E-state index in [-0.39, 0.29) is 0 Å². The maximum atomic E-state index is 12.8. The van der Waals surface area contributed by atoms with Gasteiger partial charge in [-0.3, -0.25) is 0 Å². The first-order valence-corrected chi connectivity index (χ1v) is 2.93. The van der Waals surface area contributed by atoms with Crippen LogP contribution in [0.15, 0.2) is 23.8 Å². The van der Waals surface area contributed by atoms with E-state index in [0.29, 0.717) is 0 Å². The summed E-state index contributed by atoms with van der Waals surface area (Å²) in [6, 6.07) is 0. The molecule has 0 aliphatic heterocycles. The van der Waals surface area contributed by atoms with Gasteiger partial charge in [-0.2, -0.15) is 0 Å². The summed E-state index contributed by atoms with van der Waals surface area (Å²) in [5.41, 5.74) is -1.72. The second kappa shape index (κ2) is 2.15. The molecule has 1 unspecified atom stereocenters. The van der Waals surface area contributed by atoms with Crippen LogP contribution >= 0.6 is 0 Å². The topological polar surface area (TPSA) is 0 Å². The molecule has 0 aromatic heterocycles. The maximum absolute atomic E-state index is 12.8. The fourth-order valence-electron chi connectivity index (χ4n) is 0.784. The Morgan fingerprint density at radius 2 is 2.10 bits per heavy atom. The summed E-state index contributed by atoms with van der Waals surface area (Å²) in [6.07, 6.45) is 1.35. The number of allylic oxidation sites excluding steroid dienone is 4. The van der Waals surface area contributed by atoms with E-state index in [1.807, 2.05) is 0 Å². The van der Waals surface area contributed by atoms with E-state index >= 15 is 0 Å². The molecule has 1 atom stereocenters. The van der Waals surface area contributed by atoms with E-state index in [2.05, 4.69) is 0 Å². The molecule has 0 radical (unpaired) electrons. The standard InChI is InChI=1S/C7H7F3/c1-7(10)3-2-5(8)6(9)4-7/h2-3H,4H2,1H3. The maximum Gasteiger partial charge on any atom is 0.154 e. The minimum atomic E-state index is -1.72. The Kier molecular flexibility index (Phi) is 1.58. The van der Waals surface area contributed by atoms with Crippen molar-refractivity contribution in [3.63, 3.8) is 0 Å². The molecule has 0 saturated heterocycles. The lowest BCUT2D eigenvalue weighted by Crippen LogP contribution is -2.16. The Balaban J connectivity index is 2.85. The normalized spacial score (nSPS) is 33.2. The monoisotopic (exact) mass is 148 g/mol. The van der Waals surface area contributed by atoms with Gasteiger partial charge in [0.15, 0.2) is 5.83 Å². The van der Waals surface area contributed by atoms with Crippen molar-refractivity contribution in [1.82, 2.24) is 0 Å². The minimum absolute atomic E-state index is 0.491. The quantitative estimate of drug-likeness (QED) is 0.495. The first kappa shape index (κ1) is 7.38. The first-order valence-electron chi connectivity index (χ1n) is 2.93. The van der Waals surface area contributed by atoms with Crippen LogP contribution in [0.3, 0.4) is 0 Å². The average molecular weight is 148 g/mol. The Morgan fingerprint density at radius 3 is 2.50 bits per heavy atom. The summed E-state index contributed by atoms with van der Waals surface area (Å²) in [5.74, 6) is -1.97. The van der Waals surface area contributed by atoms with E-state index < -0.39 is 23.7 Å². The molecule has 1 rings (SSSR count). The van der Waals surface area contributed by atoms with E-state index in [9.17, 15) is 13.2 Å². The molecule has 0 nitrogen and oxygen atoms in total. The van der Waals surface area contributed by atoms with Crippen molar-refractivity contribution >= 4 is 0 Å². The highest BCUT2D eigenvalue weighted by atomic mass is 19.2. The lowest BCUT2D eigenvalue weighted by molar-refractivity contribution is 0.234. The smallest absolute Gasteiger partial charge is 0.154 e. The molecule has 10 heavy (non-hydrogen) atoms. The number of halogens is 3. The third-order valence-electron chi connectivity index (χ3n) is 1.34. The first-order chi connectivity index (χ1) is 4.51. The van der Waals surface area contributed by atoms with Crippen LogP contribution in [-0.4, -0.2) is 5.67 Å². The number of rotatable bonds is 0. The van der Waals surface area contributed by atoms with Crippen molar-refractivity contribution in [2.75, 3.05) is 0 Å². The molecule has 1 aliphatic rings. The number of hydrogen-bond donors (Lipinski definition) is 0. The summed E-state index contributed by atoms with van der Waals surface area (Å²) >= 11 is 0. The van der Waals surface area contributed by atoms with Gasteiger partial charge in [-0.15, -0.1) is 0 Å². The molecule has 0 saturated carbocycles. The molecule has 1 aliphatic carbocycles. The number of hydrogen-bond acceptors (Lipinski definition) is 0. The predicted octanol–water partition coefficient (Wildman–Crippen LogP) is 2.83. The van der Waals surface area contributed by atoms with Gasteiger partial charge in [-0.1, -0.05) is 0 Å². The van der Waals surface area contributed by atoms with Crippen molar-refractivity contribution in [3.8, 4) is 0 Å². The van der Waals surface area contributed by atoms with Crippen LogP contribution in [0.4, 0.5) is 13.2 Å². The van der Waals surface area contributed by atoms with Gasteiger partial charge in [-0.25, -0.2) is 13.2 Å². The molecule has 0 aromatic rings. The molecule has 0 aromatic carbocycles. The van der Waals surface area contributed by atoms with Gasteiger partial charge < -0.3 is 0 Å². The molecular weight excluding hydrogens is 141 g/mol. The molecule has 3 heteroatoms. The van der Waals surface area contributed by atoms with Crippen LogP contribution in [0, 0.1) is 0 Å². The van der Waals surface area contributed by atoms with Crippen LogP contribution < -0.4 is 0 Å². The van der Waals surface area contributed by atoms with E-state index in [0.717, 1.165) is 12.2 Å². The highest BCUT2D eigenvalue weighted by molar-refractivity contribution is 5.25. The number of alkyl halides is 1. The Labute approximate surface area is 57.0 Å². The summed E-state index contributed by atoms with van der Waals surface area (Å²) in [7, 11) is 0. The van der Waals surface area contributed by atoms with Gasteiger partial charge in [0.2, 0.25) is 0 Å². The van der Waals surface area contributed by atoms with Crippen LogP contribution in [0.1, 0.15) is 13.3 Å². The summed E-state index contributed by atoms with van der Waals surface area (Å²) in [5, 5.41) is 0. The molecule has 0 amide bonds. The molecule has 56 valence electrons. The predicted molar refractivity (Wildman–Crippen MR) is 32.5 cm³/mol. The van der Waals surface area contributed by atoms with Crippen molar-refractivity contribution in [3.05, 3.63) is 23.8 Å². The molecule has 0 bridgehead atoms. The summed E-state index contributed by atoms with van der Waals surface area (Å²) in [6.45, 7) is 1.20. The molecule has 0 heterocycles. The molecule has 0 fully saturated rings. The van der Waals surface area contributed by atoms with Gasteiger partial charge in [0, 0.05) is 6.42 Å². The van der Waals surface area contributed by atoms with Crippen molar-refractivity contribution in [2.24, 2.45) is 0 Å². The molecule has 0 N–H and O–H groups in total. The third-order valence-corrected chi connectivity index (χ3v) is 1.34. The lowest BCUT2D eigenvalue weighted by Gasteiger charge is -2.17. The van der Waals surface area contributed by atoms with Crippen LogP contribution in [0.5, 0.6) is 0 Å². The zero-order valence-electron chi connectivity index (χ0n) is 5.50. The fourth-order valence-corrected chi connectivity index (χ4v) is 0.784. The van der Waals surface area contributed by atoms with Crippen LogP contribution in [0.2, 0.25) is 0 Å². The van der Waals surface area contributed by atoms with Gasteiger partial charge in [0.25, 0.3) is 0 Å². The molecule has 0 spiro atoms. The SMILES string of the molecule is CC1(F)C=CC(F)=C(F)C1. The van der Waals surface area contributed by atoms with Crippen molar-refractivity contribution in [1.29, 1.82) is 0 Å². The third kappa shape index (κ3) is 1.40. The van der Waals surface area contributed by atoms with Gasteiger partial charge in [0.05, 0.1) is 0 Å².